The molecule has 0 amide bonds. The van der Waals surface area contributed by atoms with Gasteiger partial charge in [0.25, 0.3) is 5.56 Å². The highest BCUT2D eigenvalue weighted by atomic mass is 16.3. The molecule has 1 saturated heterocycles. The molecule has 0 radical (unpaired) electrons. The van der Waals surface area contributed by atoms with E-state index in [4.69, 9.17) is 4.42 Å². The van der Waals surface area contributed by atoms with Crippen molar-refractivity contribution in [2.24, 2.45) is 5.92 Å². The molecule has 4 heterocycles. The molecule has 0 aliphatic carbocycles. The Balaban J connectivity index is 1.62. The van der Waals surface area contributed by atoms with Gasteiger partial charge in [-0.25, -0.2) is 4.68 Å². The molecule has 0 spiro atoms. The molecule has 1 aromatic carbocycles. The zero-order valence-corrected chi connectivity index (χ0v) is 18.5. The van der Waals surface area contributed by atoms with E-state index in [2.05, 4.69) is 51.4 Å². The van der Waals surface area contributed by atoms with Gasteiger partial charge in [-0.2, -0.15) is 0 Å². The molecule has 32 heavy (non-hydrogen) atoms. The average molecular weight is 433 g/mol. The fourth-order valence-electron chi connectivity index (χ4n) is 4.55. The number of hydrogen-bond acceptors (Lipinski definition) is 6. The molecular formula is C24H28N6O2. The van der Waals surface area contributed by atoms with Gasteiger partial charge in [0.15, 0.2) is 5.82 Å². The Morgan fingerprint density at radius 2 is 2.06 bits per heavy atom. The standard InChI is InChI=1S/C24H28N6O2/c1-3-17-6-7-21-18(13-17)14-20(24(31)25-21)22(29-10-8-16(2)9-11-29)23-26-27-28-30(23)15-19-5-4-12-32-19/h4-7,12-14,16,22H,3,8-11,15H2,1-2H3,(H,25,31)/t22-/m1/s1. The lowest BCUT2D eigenvalue weighted by Gasteiger charge is -2.35. The fourth-order valence-corrected chi connectivity index (χ4v) is 4.55. The van der Waals surface area contributed by atoms with Gasteiger partial charge < -0.3 is 9.40 Å². The molecule has 1 aliphatic rings. The van der Waals surface area contributed by atoms with Gasteiger partial charge >= 0.3 is 0 Å². The lowest BCUT2D eigenvalue weighted by Crippen LogP contribution is -2.40. The van der Waals surface area contributed by atoms with Gasteiger partial charge in [0.2, 0.25) is 0 Å². The first-order valence-electron chi connectivity index (χ1n) is 11.3. The Labute approximate surface area is 186 Å². The lowest BCUT2D eigenvalue weighted by atomic mass is 9.95. The highest BCUT2D eigenvalue weighted by Gasteiger charge is 2.32. The number of aromatic amines is 1. The number of pyridine rings is 1. The summed E-state index contributed by atoms with van der Waals surface area (Å²) < 4.78 is 7.26. The maximum absolute atomic E-state index is 13.3. The van der Waals surface area contributed by atoms with Crippen LogP contribution in [0.2, 0.25) is 0 Å². The predicted octanol–water partition coefficient (Wildman–Crippen LogP) is 3.54. The van der Waals surface area contributed by atoms with Crippen LogP contribution in [0.3, 0.4) is 0 Å². The number of H-pyrrole nitrogens is 1. The number of aryl methyl sites for hydroxylation is 1. The first kappa shape index (κ1) is 20.6. The van der Waals surface area contributed by atoms with Crippen LogP contribution in [-0.4, -0.2) is 43.2 Å². The summed E-state index contributed by atoms with van der Waals surface area (Å²) in [5.74, 6) is 2.10. The maximum Gasteiger partial charge on any atom is 0.253 e. The van der Waals surface area contributed by atoms with Crippen molar-refractivity contribution < 1.29 is 4.42 Å². The number of tetrazole rings is 1. The van der Waals surface area contributed by atoms with E-state index in [1.54, 1.807) is 10.9 Å². The van der Waals surface area contributed by atoms with E-state index in [9.17, 15) is 4.79 Å². The molecule has 0 saturated carbocycles. The van der Waals surface area contributed by atoms with Crippen molar-refractivity contribution in [1.29, 1.82) is 0 Å². The number of furan rings is 1. The van der Waals surface area contributed by atoms with Gasteiger partial charge in [0, 0.05) is 11.1 Å². The van der Waals surface area contributed by atoms with Crippen molar-refractivity contribution in [3.05, 3.63) is 75.7 Å². The third-order valence-electron chi connectivity index (χ3n) is 6.51. The molecule has 166 valence electrons. The van der Waals surface area contributed by atoms with Gasteiger partial charge in [0.1, 0.15) is 18.3 Å². The largest absolute Gasteiger partial charge is 0.467 e. The minimum Gasteiger partial charge on any atom is -0.467 e. The van der Waals surface area contributed by atoms with Crippen molar-refractivity contribution in [2.75, 3.05) is 13.1 Å². The molecule has 3 aromatic heterocycles. The predicted molar refractivity (Wildman–Crippen MR) is 121 cm³/mol. The van der Waals surface area contributed by atoms with E-state index in [1.165, 1.54) is 5.56 Å². The topological polar surface area (TPSA) is 92.8 Å². The molecule has 1 atom stereocenters. The summed E-state index contributed by atoms with van der Waals surface area (Å²) in [5, 5.41) is 13.6. The van der Waals surface area contributed by atoms with Crippen LogP contribution in [-0.2, 0) is 13.0 Å². The molecule has 5 rings (SSSR count). The van der Waals surface area contributed by atoms with Gasteiger partial charge in [-0.1, -0.05) is 19.9 Å². The maximum atomic E-state index is 13.3. The van der Waals surface area contributed by atoms with Crippen LogP contribution in [0.5, 0.6) is 0 Å². The fraction of sp³-hybridized carbons (Fsp3) is 0.417. The average Bonchev–Trinajstić information content (AvgIpc) is 3.48. The number of hydrogen-bond donors (Lipinski definition) is 1. The summed E-state index contributed by atoms with van der Waals surface area (Å²) in [6.07, 6.45) is 4.75. The van der Waals surface area contributed by atoms with Crippen LogP contribution >= 0.6 is 0 Å². The third-order valence-corrected chi connectivity index (χ3v) is 6.51. The SMILES string of the molecule is CCc1ccc2[nH]c(=O)c([C@H](c3nnnn3Cc3ccco3)N3CCC(C)CC3)cc2c1. The lowest BCUT2D eigenvalue weighted by molar-refractivity contribution is 0.149. The van der Waals surface area contributed by atoms with Crippen LogP contribution < -0.4 is 5.56 Å². The zero-order chi connectivity index (χ0) is 22.1. The summed E-state index contributed by atoms with van der Waals surface area (Å²) in [7, 11) is 0. The molecule has 1 fully saturated rings. The Kier molecular flexibility index (Phi) is 5.61. The number of nitrogens with one attached hydrogen (secondary N) is 1. The number of piperidine rings is 1. The Morgan fingerprint density at radius 1 is 1.22 bits per heavy atom. The molecule has 0 unspecified atom stereocenters. The van der Waals surface area contributed by atoms with Crippen LogP contribution in [0.4, 0.5) is 0 Å². The highest BCUT2D eigenvalue weighted by molar-refractivity contribution is 5.80. The second kappa shape index (κ2) is 8.70. The van der Waals surface area contributed by atoms with E-state index >= 15 is 0 Å². The zero-order valence-electron chi connectivity index (χ0n) is 18.5. The van der Waals surface area contributed by atoms with E-state index in [0.717, 1.165) is 49.0 Å². The summed E-state index contributed by atoms with van der Waals surface area (Å²) in [4.78, 5) is 18.7. The van der Waals surface area contributed by atoms with Gasteiger partial charge in [-0.05, 0) is 90.0 Å². The molecule has 4 aromatic rings. The smallest absolute Gasteiger partial charge is 0.253 e. The second-order valence-electron chi connectivity index (χ2n) is 8.72. The van der Waals surface area contributed by atoms with Crippen LogP contribution in [0.25, 0.3) is 10.9 Å². The molecule has 8 nitrogen and oxygen atoms in total. The van der Waals surface area contributed by atoms with Gasteiger partial charge in [0.05, 0.1) is 6.26 Å². The molecule has 1 aliphatic heterocycles. The van der Waals surface area contributed by atoms with Gasteiger partial charge in [-0.3, -0.25) is 9.69 Å². The van der Waals surface area contributed by atoms with Crippen LogP contribution in [0.1, 0.15) is 55.4 Å². The summed E-state index contributed by atoms with van der Waals surface area (Å²) in [6, 6.07) is 11.6. The number of benzene rings is 1. The van der Waals surface area contributed by atoms with Crippen molar-refractivity contribution in [2.45, 2.75) is 45.7 Å². The third kappa shape index (κ3) is 3.98. The quantitative estimate of drug-likeness (QED) is 0.501. The number of likely N-dealkylation sites (tertiary alicyclic amines) is 1. The molecule has 8 heteroatoms. The summed E-state index contributed by atoms with van der Waals surface area (Å²) in [5.41, 5.74) is 2.66. The summed E-state index contributed by atoms with van der Waals surface area (Å²) in [6.45, 7) is 6.62. The highest BCUT2D eigenvalue weighted by Crippen LogP contribution is 2.31. The van der Waals surface area contributed by atoms with E-state index in [0.29, 0.717) is 23.9 Å². The minimum atomic E-state index is -0.328. The number of rotatable bonds is 6. The number of aromatic nitrogens is 5. The molecular weight excluding hydrogens is 404 g/mol. The number of fused-ring (bicyclic) bond motifs is 1. The molecule has 1 N–H and O–H groups in total. The Hall–Kier alpha value is -3.26. The van der Waals surface area contributed by atoms with E-state index in [1.807, 2.05) is 24.3 Å². The summed E-state index contributed by atoms with van der Waals surface area (Å²) >= 11 is 0. The second-order valence-corrected chi connectivity index (χ2v) is 8.72. The van der Waals surface area contributed by atoms with E-state index in [-0.39, 0.29) is 11.6 Å². The van der Waals surface area contributed by atoms with Crippen LogP contribution in [0.15, 0.2) is 51.9 Å². The Bertz CT molecular complexity index is 1250. The van der Waals surface area contributed by atoms with Crippen LogP contribution in [0, 0.1) is 5.92 Å². The van der Waals surface area contributed by atoms with Crippen molar-refractivity contribution in [3.63, 3.8) is 0 Å². The minimum absolute atomic E-state index is 0.0991. The monoisotopic (exact) mass is 432 g/mol. The first-order valence-corrected chi connectivity index (χ1v) is 11.3. The first-order chi connectivity index (χ1) is 15.6. The van der Waals surface area contributed by atoms with Crippen molar-refractivity contribution in [3.8, 4) is 0 Å². The normalized spacial score (nSPS) is 16.6. The van der Waals surface area contributed by atoms with Crippen molar-refractivity contribution >= 4 is 10.9 Å². The van der Waals surface area contributed by atoms with Crippen molar-refractivity contribution in [1.82, 2.24) is 30.1 Å². The Morgan fingerprint density at radius 3 is 2.81 bits per heavy atom. The molecule has 0 bridgehead atoms. The van der Waals surface area contributed by atoms with Gasteiger partial charge in [-0.15, -0.1) is 5.10 Å². The van der Waals surface area contributed by atoms with E-state index < -0.39 is 0 Å². The number of nitrogens with zero attached hydrogens (tertiary/aromatic N) is 5.